The smallest absolute Gasteiger partial charge is 0.300 e. The van der Waals surface area contributed by atoms with E-state index in [0.29, 0.717) is 25.9 Å². The van der Waals surface area contributed by atoms with Crippen molar-refractivity contribution in [1.29, 1.82) is 0 Å². The Morgan fingerprint density at radius 1 is 0.409 bits per heavy atom. The molecule has 2 amide bonds. The lowest BCUT2D eigenvalue weighted by atomic mass is 10.1. The van der Waals surface area contributed by atoms with E-state index in [-0.39, 0.29) is 11.8 Å². The molecular formula is C36H74N4O4. The Morgan fingerprint density at radius 2 is 0.636 bits per heavy atom. The molecule has 0 radical (unpaired) electrons. The minimum atomic E-state index is -0.833. The van der Waals surface area contributed by atoms with Gasteiger partial charge in [0, 0.05) is 59.0 Å². The molecule has 262 valence electrons. The standard InChI is InChI=1S/C34H70N4O2.C2H4O2/c1-3-5-7-9-11-13-15-17-19-21-23-25-33(39)37-31-29-35-27-28-36-30-32-38-34(40)26-24-22-20-18-16-14-12-10-8-6-4-2;1-2(3)4/h35-36H,3-32H2,1-2H3,(H,37,39)(H,38,40);1H3,(H,3,4). The summed E-state index contributed by atoms with van der Waals surface area (Å²) in [5.41, 5.74) is 0. The second-order valence-corrected chi connectivity index (χ2v) is 12.3. The third-order valence-electron chi connectivity index (χ3n) is 7.74. The van der Waals surface area contributed by atoms with Gasteiger partial charge in [-0.1, -0.05) is 142 Å². The number of nitrogens with one attached hydrogen (secondary N) is 4. The highest BCUT2D eigenvalue weighted by molar-refractivity contribution is 5.76. The molecule has 0 saturated heterocycles. The SMILES string of the molecule is CC(=O)O.CCCCCCCCCCCCCC(=O)NCCNCCNCCNC(=O)CCCCCCCCCCCCC. The van der Waals surface area contributed by atoms with E-state index in [1.165, 1.54) is 128 Å². The van der Waals surface area contributed by atoms with Crippen LogP contribution in [0.3, 0.4) is 0 Å². The molecule has 0 aliphatic carbocycles. The fraction of sp³-hybridized carbons (Fsp3) is 0.917. The number of rotatable bonds is 33. The Labute approximate surface area is 272 Å². The molecule has 0 aromatic carbocycles. The van der Waals surface area contributed by atoms with Crippen molar-refractivity contribution in [1.82, 2.24) is 21.3 Å². The molecule has 0 heterocycles. The monoisotopic (exact) mass is 627 g/mol. The first-order chi connectivity index (χ1) is 21.4. The quantitative estimate of drug-likeness (QED) is 0.0473. The van der Waals surface area contributed by atoms with Gasteiger partial charge in [0.2, 0.25) is 11.8 Å². The molecule has 0 unspecified atom stereocenters. The average molecular weight is 627 g/mol. The van der Waals surface area contributed by atoms with Crippen molar-refractivity contribution in [3.05, 3.63) is 0 Å². The van der Waals surface area contributed by atoms with E-state index >= 15 is 0 Å². The number of carboxylic acids is 1. The van der Waals surface area contributed by atoms with Crippen molar-refractivity contribution in [2.45, 2.75) is 175 Å². The minimum Gasteiger partial charge on any atom is -0.481 e. The summed E-state index contributed by atoms with van der Waals surface area (Å²) in [5.74, 6) is -0.473. The normalized spacial score (nSPS) is 10.7. The maximum atomic E-state index is 12.0. The summed E-state index contributed by atoms with van der Waals surface area (Å²) in [5, 5.41) is 20.1. The Bertz CT molecular complexity index is 569. The van der Waals surface area contributed by atoms with Crippen molar-refractivity contribution in [2.75, 3.05) is 39.3 Å². The van der Waals surface area contributed by atoms with Crippen LogP contribution in [0.2, 0.25) is 0 Å². The van der Waals surface area contributed by atoms with E-state index in [2.05, 4.69) is 35.1 Å². The van der Waals surface area contributed by atoms with E-state index in [4.69, 9.17) is 9.90 Å². The van der Waals surface area contributed by atoms with Gasteiger partial charge in [-0.05, 0) is 12.8 Å². The second-order valence-electron chi connectivity index (χ2n) is 12.3. The fourth-order valence-electron chi connectivity index (χ4n) is 5.08. The Balaban J connectivity index is 0. The number of hydrogen-bond acceptors (Lipinski definition) is 5. The van der Waals surface area contributed by atoms with Crippen molar-refractivity contribution in [3.8, 4) is 0 Å². The van der Waals surface area contributed by atoms with Crippen LogP contribution in [0.25, 0.3) is 0 Å². The average Bonchev–Trinajstić information content (AvgIpc) is 2.99. The van der Waals surface area contributed by atoms with Gasteiger partial charge >= 0.3 is 0 Å². The minimum absolute atomic E-state index is 0.180. The lowest BCUT2D eigenvalue weighted by Crippen LogP contribution is -2.37. The van der Waals surface area contributed by atoms with Gasteiger partial charge in [-0.25, -0.2) is 0 Å². The van der Waals surface area contributed by atoms with Gasteiger partial charge in [0.1, 0.15) is 0 Å². The molecule has 0 aliphatic heterocycles. The zero-order valence-corrected chi connectivity index (χ0v) is 29.4. The molecule has 0 rings (SSSR count). The molecule has 0 bridgehead atoms. The predicted molar refractivity (Wildman–Crippen MR) is 187 cm³/mol. The summed E-state index contributed by atoms with van der Waals surface area (Å²) < 4.78 is 0. The van der Waals surface area contributed by atoms with Crippen LogP contribution in [0, 0.1) is 0 Å². The molecule has 8 nitrogen and oxygen atoms in total. The lowest BCUT2D eigenvalue weighted by Gasteiger charge is -2.09. The first-order valence-corrected chi connectivity index (χ1v) is 18.6. The zero-order chi connectivity index (χ0) is 32.8. The summed E-state index contributed by atoms with van der Waals surface area (Å²) in [6, 6.07) is 0. The number of carbonyl (C=O) groups excluding carboxylic acids is 2. The summed E-state index contributed by atoms with van der Waals surface area (Å²) in [6.45, 7) is 10.3. The number of unbranched alkanes of at least 4 members (excludes halogenated alkanes) is 20. The van der Waals surface area contributed by atoms with Gasteiger partial charge in [0.25, 0.3) is 5.97 Å². The molecule has 0 fully saturated rings. The molecule has 0 spiro atoms. The largest absolute Gasteiger partial charge is 0.481 e. The zero-order valence-electron chi connectivity index (χ0n) is 29.4. The van der Waals surface area contributed by atoms with Crippen LogP contribution in [-0.2, 0) is 14.4 Å². The highest BCUT2D eigenvalue weighted by Gasteiger charge is 2.02. The van der Waals surface area contributed by atoms with Crippen LogP contribution >= 0.6 is 0 Å². The molecule has 0 aromatic rings. The first kappa shape index (κ1) is 44.5. The van der Waals surface area contributed by atoms with Gasteiger partial charge in [0.15, 0.2) is 0 Å². The van der Waals surface area contributed by atoms with Crippen LogP contribution in [-0.4, -0.2) is 62.2 Å². The van der Waals surface area contributed by atoms with Gasteiger partial charge in [-0.15, -0.1) is 0 Å². The van der Waals surface area contributed by atoms with Crippen molar-refractivity contribution >= 4 is 17.8 Å². The lowest BCUT2D eigenvalue weighted by molar-refractivity contribution is -0.134. The van der Waals surface area contributed by atoms with E-state index in [1.807, 2.05) is 0 Å². The molecule has 0 aromatic heterocycles. The number of amides is 2. The van der Waals surface area contributed by atoms with Crippen molar-refractivity contribution in [2.24, 2.45) is 0 Å². The van der Waals surface area contributed by atoms with Crippen LogP contribution in [0.4, 0.5) is 0 Å². The predicted octanol–water partition coefficient (Wildman–Crippen LogP) is 7.89. The van der Waals surface area contributed by atoms with Crippen LogP contribution in [0.15, 0.2) is 0 Å². The second kappa shape index (κ2) is 39.4. The molecule has 0 saturated carbocycles. The summed E-state index contributed by atoms with van der Waals surface area (Å²) in [6.07, 6.45) is 30.1. The van der Waals surface area contributed by atoms with E-state index in [1.54, 1.807) is 0 Å². The van der Waals surface area contributed by atoms with E-state index in [0.717, 1.165) is 45.9 Å². The van der Waals surface area contributed by atoms with Crippen LogP contribution < -0.4 is 21.3 Å². The maximum absolute atomic E-state index is 12.0. The molecule has 5 N–H and O–H groups in total. The summed E-state index contributed by atoms with van der Waals surface area (Å²) in [7, 11) is 0. The number of hydrogen-bond donors (Lipinski definition) is 5. The molecule has 0 atom stereocenters. The summed E-state index contributed by atoms with van der Waals surface area (Å²) in [4.78, 5) is 32.9. The topological polar surface area (TPSA) is 120 Å². The highest BCUT2D eigenvalue weighted by Crippen LogP contribution is 2.13. The highest BCUT2D eigenvalue weighted by atomic mass is 16.4. The third kappa shape index (κ3) is 44.8. The summed E-state index contributed by atoms with van der Waals surface area (Å²) >= 11 is 0. The van der Waals surface area contributed by atoms with Crippen LogP contribution in [0.5, 0.6) is 0 Å². The van der Waals surface area contributed by atoms with E-state index < -0.39 is 5.97 Å². The molecule has 44 heavy (non-hydrogen) atoms. The Morgan fingerprint density at radius 3 is 0.909 bits per heavy atom. The number of aliphatic carboxylic acids is 1. The number of carboxylic acid groups (broad SMARTS) is 1. The molecule has 8 heteroatoms. The fourth-order valence-corrected chi connectivity index (χ4v) is 5.08. The Hall–Kier alpha value is -1.67. The third-order valence-corrected chi connectivity index (χ3v) is 7.74. The van der Waals surface area contributed by atoms with Gasteiger partial charge in [-0.3, -0.25) is 14.4 Å². The molecule has 0 aliphatic rings. The van der Waals surface area contributed by atoms with Gasteiger partial charge in [-0.2, -0.15) is 0 Å². The Kier molecular flexibility index (Phi) is 39.8. The molecular weight excluding hydrogens is 552 g/mol. The van der Waals surface area contributed by atoms with E-state index in [9.17, 15) is 9.59 Å². The maximum Gasteiger partial charge on any atom is 0.300 e. The number of carbonyl (C=O) groups is 3. The van der Waals surface area contributed by atoms with Crippen molar-refractivity contribution < 1.29 is 19.5 Å². The van der Waals surface area contributed by atoms with Gasteiger partial charge in [0.05, 0.1) is 0 Å². The van der Waals surface area contributed by atoms with Crippen molar-refractivity contribution in [3.63, 3.8) is 0 Å². The first-order valence-electron chi connectivity index (χ1n) is 18.6. The van der Waals surface area contributed by atoms with Gasteiger partial charge < -0.3 is 26.4 Å². The van der Waals surface area contributed by atoms with Crippen LogP contribution in [0.1, 0.15) is 175 Å².